The minimum absolute atomic E-state index is 0.374. The highest BCUT2D eigenvalue weighted by Crippen LogP contribution is 1.92. The van der Waals surface area contributed by atoms with Crippen molar-refractivity contribution in [3.63, 3.8) is 0 Å². The van der Waals surface area contributed by atoms with E-state index in [0.717, 1.165) is 5.23 Å². The third kappa shape index (κ3) is 4.15. The number of hydroxylamine groups is 2. The fourth-order valence-electron chi connectivity index (χ4n) is 0.605. The van der Waals surface area contributed by atoms with E-state index in [9.17, 15) is 4.79 Å². The van der Waals surface area contributed by atoms with Crippen LogP contribution >= 0.6 is 0 Å². The molecule has 0 saturated heterocycles. The number of carbonyl (C=O) groups is 1. The molecule has 5 heteroatoms. The summed E-state index contributed by atoms with van der Waals surface area (Å²) >= 11 is 0. The highest BCUT2D eigenvalue weighted by atomic mass is 17.0. The van der Waals surface area contributed by atoms with E-state index in [-0.39, 0.29) is 6.03 Å². The first kappa shape index (κ1) is 11.2. The molecule has 0 aromatic carbocycles. The first-order valence-electron chi connectivity index (χ1n) is 4.10. The molecule has 0 aliphatic rings. The zero-order valence-corrected chi connectivity index (χ0v) is 7.79. The van der Waals surface area contributed by atoms with Gasteiger partial charge in [0.1, 0.15) is 0 Å². The van der Waals surface area contributed by atoms with Crippen LogP contribution in [0.15, 0.2) is 0 Å². The number of hydrogen-bond acceptors (Lipinski definition) is 3. The van der Waals surface area contributed by atoms with Crippen molar-refractivity contribution in [1.29, 1.82) is 0 Å². The van der Waals surface area contributed by atoms with Gasteiger partial charge in [-0.3, -0.25) is 0 Å². The van der Waals surface area contributed by atoms with Gasteiger partial charge in [0.15, 0.2) is 0 Å². The third-order valence-corrected chi connectivity index (χ3v) is 0.987. The Morgan fingerprint density at radius 3 is 2.08 bits per heavy atom. The van der Waals surface area contributed by atoms with Crippen LogP contribution in [-0.2, 0) is 9.68 Å². The molecule has 5 nitrogen and oxygen atoms in total. The van der Waals surface area contributed by atoms with Crippen LogP contribution < -0.4 is 5.32 Å². The van der Waals surface area contributed by atoms with Gasteiger partial charge in [0, 0.05) is 6.54 Å². The van der Waals surface area contributed by atoms with Gasteiger partial charge >= 0.3 is 6.03 Å². The topological polar surface area (TPSA) is 50.8 Å². The fraction of sp³-hybridized carbons (Fsp3) is 0.857. The third-order valence-electron chi connectivity index (χ3n) is 0.987. The summed E-state index contributed by atoms with van der Waals surface area (Å²) in [6.45, 7) is 6.74. The smallest absolute Gasteiger partial charge is 0.335 e. The second-order valence-electron chi connectivity index (χ2n) is 1.93. The van der Waals surface area contributed by atoms with E-state index in [1.165, 1.54) is 0 Å². The molecule has 0 aliphatic carbocycles. The minimum atomic E-state index is -0.374. The van der Waals surface area contributed by atoms with Crippen molar-refractivity contribution in [2.45, 2.75) is 20.8 Å². The van der Waals surface area contributed by atoms with E-state index in [4.69, 9.17) is 9.68 Å². The normalized spacial score (nSPS) is 9.58. The van der Waals surface area contributed by atoms with Crippen molar-refractivity contribution in [1.82, 2.24) is 10.5 Å². The second-order valence-corrected chi connectivity index (χ2v) is 1.93. The summed E-state index contributed by atoms with van der Waals surface area (Å²) in [7, 11) is 0. The molecule has 72 valence electrons. The molecule has 0 heterocycles. The number of carbonyl (C=O) groups excluding carboxylic acids is 1. The minimum Gasteiger partial charge on any atom is -0.335 e. The van der Waals surface area contributed by atoms with Crippen LogP contribution in [-0.4, -0.2) is 31.0 Å². The molecule has 0 rings (SSSR count). The summed E-state index contributed by atoms with van der Waals surface area (Å²) in [6, 6.07) is -0.374. The van der Waals surface area contributed by atoms with Crippen LogP contribution in [0.3, 0.4) is 0 Å². The van der Waals surface area contributed by atoms with Crippen LogP contribution in [0.2, 0.25) is 0 Å². The Morgan fingerprint density at radius 2 is 1.75 bits per heavy atom. The maximum Gasteiger partial charge on any atom is 0.366 e. The molecule has 0 aliphatic heterocycles. The predicted molar refractivity (Wildman–Crippen MR) is 44.2 cm³/mol. The number of nitrogens with one attached hydrogen (secondary N) is 1. The van der Waals surface area contributed by atoms with E-state index in [1.54, 1.807) is 13.8 Å². The Morgan fingerprint density at radius 1 is 1.25 bits per heavy atom. The highest BCUT2D eigenvalue weighted by Gasteiger charge is 2.12. The molecule has 0 atom stereocenters. The van der Waals surface area contributed by atoms with Gasteiger partial charge in [0.05, 0.1) is 13.2 Å². The van der Waals surface area contributed by atoms with E-state index in [1.807, 2.05) is 6.92 Å². The van der Waals surface area contributed by atoms with E-state index in [2.05, 4.69) is 5.32 Å². The van der Waals surface area contributed by atoms with Gasteiger partial charge in [0.2, 0.25) is 0 Å². The first-order valence-corrected chi connectivity index (χ1v) is 4.10. The first-order chi connectivity index (χ1) is 5.76. The fourth-order valence-corrected chi connectivity index (χ4v) is 0.605. The maximum atomic E-state index is 11.1. The molecule has 0 bridgehead atoms. The molecule has 0 unspecified atom stereocenters. The molecule has 0 radical (unpaired) electrons. The van der Waals surface area contributed by atoms with Crippen LogP contribution in [0, 0.1) is 0 Å². The Bertz CT molecular complexity index is 124. The van der Waals surface area contributed by atoms with Gasteiger partial charge < -0.3 is 5.32 Å². The standard InChI is InChI=1S/C7H16N2O3/c1-4-8-7(10)9(11-5-2)12-6-3/h4-6H2,1-3H3,(H,8,10). The molecular weight excluding hydrogens is 160 g/mol. The van der Waals surface area contributed by atoms with Crippen molar-refractivity contribution < 1.29 is 14.5 Å². The second kappa shape index (κ2) is 6.87. The summed E-state index contributed by atoms with van der Waals surface area (Å²) < 4.78 is 0. The van der Waals surface area contributed by atoms with Gasteiger partial charge in [-0.2, -0.15) is 0 Å². The quantitative estimate of drug-likeness (QED) is 0.634. The average molecular weight is 176 g/mol. The largest absolute Gasteiger partial charge is 0.366 e. The van der Waals surface area contributed by atoms with Gasteiger partial charge in [-0.1, -0.05) is 5.23 Å². The SMILES string of the molecule is CCNC(=O)N(OCC)OCC. The Labute approximate surface area is 72.5 Å². The predicted octanol–water partition coefficient (Wildman–Crippen LogP) is 0.921. The Hall–Kier alpha value is -0.810. The Kier molecular flexibility index (Phi) is 6.41. The van der Waals surface area contributed by atoms with Crippen molar-refractivity contribution in [2.75, 3.05) is 19.8 Å². The molecule has 0 fully saturated rings. The number of hydrogen-bond donors (Lipinski definition) is 1. The number of nitrogens with zero attached hydrogens (tertiary/aromatic N) is 1. The van der Waals surface area contributed by atoms with Gasteiger partial charge in [0.25, 0.3) is 0 Å². The lowest BCUT2D eigenvalue weighted by molar-refractivity contribution is -0.322. The lowest BCUT2D eigenvalue weighted by atomic mass is 10.7. The van der Waals surface area contributed by atoms with Crippen molar-refractivity contribution in [2.24, 2.45) is 0 Å². The summed E-state index contributed by atoms with van der Waals surface area (Å²) in [5, 5.41) is 3.42. The molecule has 0 saturated carbocycles. The average Bonchev–Trinajstić information content (AvgIpc) is 2.04. The summed E-state index contributed by atoms with van der Waals surface area (Å²) in [5.74, 6) is 0. The Balaban J connectivity index is 3.81. The molecule has 12 heavy (non-hydrogen) atoms. The van der Waals surface area contributed by atoms with Crippen LogP contribution in [0.5, 0.6) is 0 Å². The summed E-state index contributed by atoms with van der Waals surface area (Å²) in [6.07, 6.45) is 0. The van der Waals surface area contributed by atoms with Crippen molar-refractivity contribution in [3.05, 3.63) is 0 Å². The molecule has 0 spiro atoms. The monoisotopic (exact) mass is 176 g/mol. The van der Waals surface area contributed by atoms with Crippen molar-refractivity contribution >= 4 is 6.03 Å². The van der Waals surface area contributed by atoms with Crippen LogP contribution in [0.4, 0.5) is 4.79 Å². The number of amides is 2. The molecule has 0 aromatic heterocycles. The van der Waals surface area contributed by atoms with E-state index < -0.39 is 0 Å². The van der Waals surface area contributed by atoms with Crippen LogP contribution in [0.25, 0.3) is 0 Å². The summed E-state index contributed by atoms with van der Waals surface area (Å²) in [4.78, 5) is 20.9. The van der Waals surface area contributed by atoms with Gasteiger partial charge in [-0.05, 0) is 20.8 Å². The van der Waals surface area contributed by atoms with Gasteiger partial charge in [-0.15, -0.1) is 0 Å². The van der Waals surface area contributed by atoms with Crippen LogP contribution in [0.1, 0.15) is 20.8 Å². The molecule has 1 N–H and O–H groups in total. The lowest BCUT2D eigenvalue weighted by Gasteiger charge is -2.18. The lowest BCUT2D eigenvalue weighted by Crippen LogP contribution is -2.39. The molecular formula is C7H16N2O3. The zero-order valence-electron chi connectivity index (χ0n) is 7.79. The zero-order chi connectivity index (χ0) is 9.40. The summed E-state index contributed by atoms with van der Waals surface area (Å²) in [5.41, 5.74) is 0. The van der Waals surface area contributed by atoms with Crippen molar-refractivity contribution in [3.8, 4) is 0 Å². The van der Waals surface area contributed by atoms with E-state index in [0.29, 0.717) is 19.8 Å². The van der Waals surface area contributed by atoms with E-state index >= 15 is 0 Å². The maximum absolute atomic E-state index is 11.1. The highest BCUT2D eigenvalue weighted by molar-refractivity contribution is 5.71. The molecule has 2 amide bonds. The number of urea groups is 1. The van der Waals surface area contributed by atoms with Gasteiger partial charge in [-0.25, -0.2) is 14.5 Å². The molecule has 0 aromatic rings. The number of rotatable bonds is 5.